The predicted octanol–water partition coefficient (Wildman–Crippen LogP) is -2.43. The highest BCUT2D eigenvalue weighted by Crippen LogP contribution is 2.23. The molecule has 0 fully saturated rings. The lowest BCUT2D eigenvalue weighted by molar-refractivity contribution is -0.0802. The minimum absolute atomic E-state index is 0.0439. The van der Waals surface area contributed by atoms with Crippen molar-refractivity contribution in [1.82, 2.24) is 19.5 Å². The molecule has 0 aromatic carbocycles. The second-order valence-electron chi connectivity index (χ2n) is 6.65. The van der Waals surface area contributed by atoms with Crippen LogP contribution in [0.3, 0.4) is 0 Å². The highest BCUT2D eigenvalue weighted by Gasteiger charge is 2.27. The lowest BCUT2D eigenvalue weighted by Crippen LogP contribution is -2.42. The number of hydrogen-bond acceptors (Lipinski definition) is 8. The average molecular weight is 392 g/mol. The molecular formula is C17H20N4O7. The van der Waals surface area contributed by atoms with Gasteiger partial charge < -0.3 is 25.0 Å². The molecule has 0 bridgehead atoms. The van der Waals surface area contributed by atoms with E-state index in [9.17, 15) is 29.7 Å². The van der Waals surface area contributed by atoms with Crippen molar-refractivity contribution < 1.29 is 20.4 Å². The van der Waals surface area contributed by atoms with Crippen molar-refractivity contribution in [3.63, 3.8) is 0 Å². The largest absolute Gasteiger partial charge is 0.394 e. The molecule has 1 aliphatic carbocycles. The summed E-state index contributed by atoms with van der Waals surface area (Å²) in [5, 5.41) is 38.8. The lowest BCUT2D eigenvalue weighted by atomic mass is 10.0. The maximum atomic E-state index is 12.7. The number of aromatic nitrogens is 4. The molecule has 3 atom stereocenters. The maximum absolute atomic E-state index is 12.7. The molecule has 150 valence electrons. The van der Waals surface area contributed by atoms with Gasteiger partial charge in [0, 0.05) is 5.56 Å². The summed E-state index contributed by atoms with van der Waals surface area (Å²) >= 11 is 0. The van der Waals surface area contributed by atoms with Crippen LogP contribution in [0.5, 0.6) is 0 Å². The first kappa shape index (κ1) is 19.9. The molecule has 11 heteroatoms. The Balaban J connectivity index is 2.35. The second-order valence-corrected chi connectivity index (χ2v) is 6.65. The number of aryl methyl sites for hydroxylation is 1. The molecule has 2 heterocycles. The Bertz CT molecular complexity index is 1180. The van der Waals surface area contributed by atoms with Gasteiger partial charge in [-0.1, -0.05) is 0 Å². The Kier molecular flexibility index (Phi) is 5.17. The number of rotatable bonds is 5. The number of aliphatic hydroxyl groups excluding tert-OH is 4. The molecule has 0 unspecified atom stereocenters. The predicted molar refractivity (Wildman–Crippen MR) is 98.4 cm³/mol. The van der Waals surface area contributed by atoms with Crippen LogP contribution in [0.1, 0.15) is 11.1 Å². The smallest absolute Gasteiger partial charge is 0.327 e. The number of nitrogens with zero attached hydrogens (tertiary/aromatic N) is 2. The molecule has 0 saturated heterocycles. The summed E-state index contributed by atoms with van der Waals surface area (Å²) in [6, 6.07) is 1.61. The van der Waals surface area contributed by atoms with Gasteiger partial charge in [-0.05, 0) is 25.5 Å². The third-order valence-corrected chi connectivity index (χ3v) is 4.77. The Morgan fingerprint density at radius 2 is 1.79 bits per heavy atom. The maximum Gasteiger partial charge on any atom is 0.327 e. The van der Waals surface area contributed by atoms with Gasteiger partial charge in [-0.25, -0.2) is 9.78 Å². The molecule has 0 saturated carbocycles. The number of H-pyrrole nitrogens is 2. The molecule has 0 radical (unpaired) electrons. The molecule has 3 rings (SSSR count). The van der Waals surface area contributed by atoms with Crippen LogP contribution < -0.4 is 16.7 Å². The fraction of sp³-hybridized carbons (Fsp3) is 0.412. The molecule has 1 aliphatic heterocycles. The van der Waals surface area contributed by atoms with Gasteiger partial charge >= 0.3 is 5.69 Å². The number of aromatic amines is 2. The standard InChI is InChI=1S/C17H20N4O7/c1-6-3-8-11(13(25)7(6)2)18-12-15(19-17(28)20-16(12)27)21(8)4-9(23)14(26)10(24)5-22/h3,9-10,14,22-24,26H,4-5H2,1-2H3,(H2,19,20,27,28)/t9-,10+,14-/m0/s1. The summed E-state index contributed by atoms with van der Waals surface area (Å²) in [4.78, 5) is 45.1. The molecule has 0 amide bonds. The fourth-order valence-electron chi connectivity index (χ4n) is 3.02. The quantitative estimate of drug-likeness (QED) is 0.259. The molecule has 28 heavy (non-hydrogen) atoms. The summed E-state index contributed by atoms with van der Waals surface area (Å²) < 4.78 is 1.28. The summed E-state index contributed by atoms with van der Waals surface area (Å²) in [6.45, 7) is 2.14. The van der Waals surface area contributed by atoms with Gasteiger partial charge in [0.2, 0.25) is 5.43 Å². The zero-order valence-electron chi connectivity index (χ0n) is 15.1. The number of fused-ring (bicyclic) bond motifs is 2. The van der Waals surface area contributed by atoms with E-state index in [1.54, 1.807) is 19.9 Å². The number of nitrogens with one attached hydrogen (secondary N) is 2. The van der Waals surface area contributed by atoms with Gasteiger partial charge in [-0.15, -0.1) is 0 Å². The van der Waals surface area contributed by atoms with Crippen molar-refractivity contribution in [1.29, 1.82) is 0 Å². The zero-order valence-corrected chi connectivity index (χ0v) is 15.1. The van der Waals surface area contributed by atoms with Gasteiger partial charge in [0.15, 0.2) is 5.52 Å². The van der Waals surface area contributed by atoms with E-state index in [0.717, 1.165) is 0 Å². The van der Waals surface area contributed by atoms with Crippen molar-refractivity contribution in [2.45, 2.75) is 38.7 Å². The summed E-state index contributed by atoms with van der Waals surface area (Å²) in [5.74, 6) is 0. The highest BCUT2D eigenvalue weighted by molar-refractivity contribution is 5.76. The topological polar surface area (TPSA) is 182 Å². The van der Waals surface area contributed by atoms with E-state index in [4.69, 9.17) is 5.11 Å². The number of hydrogen-bond donors (Lipinski definition) is 6. The van der Waals surface area contributed by atoms with Crippen LogP contribution in [-0.2, 0) is 6.54 Å². The van der Waals surface area contributed by atoms with Gasteiger partial charge in [0.25, 0.3) is 5.56 Å². The van der Waals surface area contributed by atoms with Crippen molar-refractivity contribution in [2.75, 3.05) is 6.61 Å². The van der Waals surface area contributed by atoms with Crippen molar-refractivity contribution in [3.8, 4) is 11.4 Å². The Morgan fingerprint density at radius 1 is 1.11 bits per heavy atom. The first-order valence-corrected chi connectivity index (χ1v) is 8.47. The molecular weight excluding hydrogens is 372 g/mol. The number of benzene rings is 1. The van der Waals surface area contributed by atoms with E-state index in [-0.39, 0.29) is 22.6 Å². The van der Waals surface area contributed by atoms with Crippen LogP contribution in [0.25, 0.3) is 22.6 Å². The first-order valence-electron chi connectivity index (χ1n) is 8.47. The molecule has 6 N–H and O–H groups in total. The van der Waals surface area contributed by atoms with Gasteiger partial charge in [0.05, 0.1) is 18.8 Å². The summed E-state index contributed by atoms with van der Waals surface area (Å²) in [7, 11) is 0. The van der Waals surface area contributed by atoms with Crippen LogP contribution in [0.15, 0.2) is 20.4 Å². The monoisotopic (exact) mass is 392 g/mol. The van der Waals surface area contributed by atoms with Crippen LogP contribution in [0.4, 0.5) is 0 Å². The van der Waals surface area contributed by atoms with Crippen LogP contribution in [0.2, 0.25) is 0 Å². The van der Waals surface area contributed by atoms with Gasteiger partial charge in [-0.3, -0.25) is 19.6 Å². The zero-order chi connectivity index (χ0) is 20.7. The normalized spacial score (nSPS) is 15.1. The Morgan fingerprint density at radius 3 is 2.43 bits per heavy atom. The highest BCUT2D eigenvalue weighted by atomic mass is 16.4. The first-order chi connectivity index (χ1) is 13.1. The molecule has 2 aliphatic rings. The SMILES string of the molecule is Cc1cc2n(C[C@H](O)[C@H](O)[C@H](O)CO)c3[nH]c(=O)[nH]c(=O)c3nc-2c(=O)c1C. The fourth-order valence-corrected chi connectivity index (χ4v) is 3.02. The molecule has 11 nitrogen and oxygen atoms in total. The third kappa shape index (κ3) is 3.24. The van der Waals surface area contributed by atoms with E-state index >= 15 is 0 Å². The summed E-state index contributed by atoms with van der Waals surface area (Å²) in [5.41, 5.74) is -1.09. The van der Waals surface area contributed by atoms with Crippen molar-refractivity contribution in [3.05, 3.63) is 48.3 Å². The van der Waals surface area contributed by atoms with Crippen LogP contribution >= 0.6 is 0 Å². The Labute approximate surface area is 156 Å². The van der Waals surface area contributed by atoms with E-state index in [2.05, 4.69) is 9.97 Å². The minimum atomic E-state index is -1.71. The van der Waals surface area contributed by atoms with E-state index < -0.39 is 48.1 Å². The minimum Gasteiger partial charge on any atom is -0.394 e. The van der Waals surface area contributed by atoms with Gasteiger partial charge in [0.1, 0.15) is 29.7 Å². The number of aliphatic hydroxyl groups is 4. The van der Waals surface area contributed by atoms with Crippen molar-refractivity contribution in [2.24, 2.45) is 0 Å². The lowest BCUT2D eigenvalue weighted by Gasteiger charge is -2.25. The second kappa shape index (κ2) is 7.28. The average Bonchev–Trinajstić information content (AvgIpc) is 2.65. The molecule has 0 spiro atoms. The third-order valence-electron chi connectivity index (χ3n) is 4.77. The van der Waals surface area contributed by atoms with E-state index in [1.807, 2.05) is 4.98 Å². The Hall–Kier alpha value is -2.86. The molecule has 1 aromatic heterocycles. The summed E-state index contributed by atoms with van der Waals surface area (Å²) in [6.07, 6.45) is -4.89. The van der Waals surface area contributed by atoms with Crippen LogP contribution in [-0.4, -0.2) is 64.9 Å². The van der Waals surface area contributed by atoms with E-state index in [0.29, 0.717) is 11.1 Å². The molecule has 1 aromatic rings. The van der Waals surface area contributed by atoms with Crippen LogP contribution in [0, 0.1) is 13.8 Å². The van der Waals surface area contributed by atoms with E-state index in [1.165, 1.54) is 4.57 Å². The van der Waals surface area contributed by atoms with Gasteiger partial charge in [-0.2, -0.15) is 0 Å². The van der Waals surface area contributed by atoms with Crippen molar-refractivity contribution >= 4 is 11.2 Å².